The summed E-state index contributed by atoms with van der Waals surface area (Å²) in [7, 11) is 1.88. The molecule has 0 saturated carbocycles. The van der Waals surface area contributed by atoms with E-state index in [0.717, 1.165) is 23.8 Å². The summed E-state index contributed by atoms with van der Waals surface area (Å²) in [4.78, 5) is 4.08. The second kappa shape index (κ2) is 5.16. The largest absolute Gasteiger partial charge is 0.396 e. The van der Waals surface area contributed by atoms with Crippen LogP contribution in [0, 0.1) is 0 Å². The van der Waals surface area contributed by atoms with Gasteiger partial charge < -0.3 is 5.11 Å². The molecule has 0 fully saturated rings. The van der Waals surface area contributed by atoms with E-state index in [2.05, 4.69) is 10.1 Å². The molecule has 0 spiro atoms. The highest BCUT2D eigenvalue weighted by Crippen LogP contribution is 2.09. The highest BCUT2D eigenvalue weighted by Gasteiger charge is 1.98. The minimum absolute atomic E-state index is 0.270. The van der Waals surface area contributed by atoms with Crippen LogP contribution in [0.5, 0.6) is 0 Å². The maximum atomic E-state index is 8.53. The van der Waals surface area contributed by atoms with Crippen LogP contribution in [0.15, 0.2) is 6.33 Å². The Labute approximate surface area is 76.0 Å². The number of rotatable bonds is 5. The molecule has 0 aromatic carbocycles. The lowest BCUT2D eigenvalue weighted by atomic mass is 10.5. The summed E-state index contributed by atoms with van der Waals surface area (Å²) in [6.45, 7) is 0.270. The highest BCUT2D eigenvalue weighted by atomic mass is 32.2. The van der Waals surface area contributed by atoms with Gasteiger partial charge in [0, 0.05) is 13.7 Å². The fourth-order valence-electron chi connectivity index (χ4n) is 0.781. The lowest BCUT2D eigenvalue weighted by Crippen LogP contribution is -1.98. The molecule has 1 aromatic rings. The third-order valence-corrected chi connectivity index (χ3v) is 2.52. The fourth-order valence-corrected chi connectivity index (χ4v) is 1.70. The number of nitrogens with zero attached hydrogens (tertiary/aromatic N) is 3. The molecule has 0 amide bonds. The standard InChI is InChI=1S/C7H13N3OS/c1-10-7(8-6-9-10)5-12-4-2-3-11/h6,11H,2-5H2,1H3. The van der Waals surface area contributed by atoms with Crippen molar-refractivity contribution in [2.24, 2.45) is 7.05 Å². The van der Waals surface area contributed by atoms with Gasteiger partial charge in [0.15, 0.2) is 0 Å². The molecule has 1 aromatic heterocycles. The van der Waals surface area contributed by atoms with Crippen molar-refractivity contribution < 1.29 is 5.11 Å². The number of thioether (sulfide) groups is 1. The molecule has 0 aliphatic carbocycles. The molecule has 0 radical (unpaired) electrons. The van der Waals surface area contributed by atoms with Gasteiger partial charge in [-0.25, -0.2) is 4.98 Å². The molecule has 1 heterocycles. The van der Waals surface area contributed by atoms with Crippen molar-refractivity contribution in [3.8, 4) is 0 Å². The second-order valence-electron chi connectivity index (χ2n) is 2.43. The van der Waals surface area contributed by atoms with Crippen molar-refractivity contribution in [3.05, 3.63) is 12.2 Å². The lowest BCUT2D eigenvalue weighted by molar-refractivity contribution is 0.296. The van der Waals surface area contributed by atoms with Crippen LogP contribution in [-0.4, -0.2) is 32.2 Å². The smallest absolute Gasteiger partial charge is 0.138 e. The molecule has 0 aliphatic rings. The first-order valence-corrected chi connectivity index (χ1v) is 5.01. The Bertz CT molecular complexity index is 226. The highest BCUT2D eigenvalue weighted by molar-refractivity contribution is 7.98. The van der Waals surface area contributed by atoms with Crippen molar-refractivity contribution in [2.75, 3.05) is 12.4 Å². The molecule has 68 valence electrons. The Morgan fingerprint density at radius 1 is 1.67 bits per heavy atom. The first-order chi connectivity index (χ1) is 5.84. The van der Waals surface area contributed by atoms with Crippen LogP contribution in [-0.2, 0) is 12.8 Å². The van der Waals surface area contributed by atoms with E-state index in [-0.39, 0.29) is 6.61 Å². The van der Waals surface area contributed by atoms with E-state index in [0.29, 0.717) is 0 Å². The second-order valence-corrected chi connectivity index (χ2v) is 3.53. The minimum atomic E-state index is 0.270. The van der Waals surface area contributed by atoms with E-state index in [9.17, 15) is 0 Å². The molecular weight excluding hydrogens is 174 g/mol. The molecule has 0 bridgehead atoms. The number of hydrogen-bond acceptors (Lipinski definition) is 4. The van der Waals surface area contributed by atoms with Crippen molar-refractivity contribution >= 4 is 11.8 Å². The summed E-state index contributed by atoms with van der Waals surface area (Å²) in [6.07, 6.45) is 2.41. The van der Waals surface area contributed by atoms with E-state index in [1.807, 2.05) is 7.05 Å². The average Bonchev–Trinajstić information content (AvgIpc) is 2.46. The van der Waals surface area contributed by atoms with E-state index >= 15 is 0 Å². The summed E-state index contributed by atoms with van der Waals surface area (Å²) in [5.74, 6) is 2.83. The molecule has 5 heteroatoms. The summed E-state index contributed by atoms with van der Waals surface area (Å²) in [5.41, 5.74) is 0. The summed E-state index contributed by atoms with van der Waals surface area (Å²) >= 11 is 1.77. The monoisotopic (exact) mass is 187 g/mol. The topological polar surface area (TPSA) is 50.9 Å². The Balaban J connectivity index is 2.20. The normalized spacial score (nSPS) is 10.5. The van der Waals surface area contributed by atoms with Gasteiger partial charge in [0.2, 0.25) is 0 Å². The molecule has 0 unspecified atom stereocenters. The predicted molar refractivity (Wildman–Crippen MR) is 48.9 cm³/mol. The quantitative estimate of drug-likeness (QED) is 0.679. The average molecular weight is 187 g/mol. The number of hydrogen-bond donors (Lipinski definition) is 1. The molecule has 1 N–H and O–H groups in total. The molecule has 4 nitrogen and oxygen atoms in total. The molecule has 12 heavy (non-hydrogen) atoms. The van der Waals surface area contributed by atoms with Crippen LogP contribution in [0.3, 0.4) is 0 Å². The third kappa shape index (κ3) is 2.83. The van der Waals surface area contributed by atoms with E-state index in [4.69, 9.17) is 5.11 Å². The molecular formula is C7H13N3OS. The van der Waals surface area contributed by atoms with Gasteiger partial charge in [0.1, 0.15) is 12.2 Å². The molecule has 0 atom stereocenters. The maximum absolute atomic E-state index is 8.53. The van der Waals surface area contributed by atoms with Gasteiger partial charge in [0.05, 0.1) is 5.75 Å². The van der Waals surface area contributed by atoms with Gasteiger partial charge in [-0.3, -0.25) is 4.68 Å². The molecule has 0 saturated heterocycles. The Hall–Kier alpha value is -0.550. The van der Waals surface area contributed by atoms with Crippen molar-refractivity contribution in [1.29, 1.82) is 0 Å². The van der Waals surface area contributed by atoms with Gasteiger partial charge in [-0.15, -0.1) is 0 Å². The van der Waals surface area contributed by atoms with Crippen molar-refractivity contribution in [1.82, 2.24) is 14.8 Å². The van der Waals surface area contributed by atoms with E-state index < -0.39 is 0 Å². The number of aryl methyl sites for hydroxylation is 1. The van der Waals surface area contributed by atoms with Crippen LogP contribution in [0.4, 0.5) is 0 Å². The maximum Gasteiger partial charge on any atom is 0.138 e. The predicted octanol–water partition coefficient (Wildman–Crippen LogP) is 0.431. The first-order valence-electron chi connectivity index (χ1n) is 3.86. The van der Waals surface area contributed by atoms with Gasteiger partial charge in [-0.05, 0) is 12.2 Å². The number of aliphatic hydroxyl groups is 1. The number of aliphatic hydroxyl groups excluding tert-OH is 1. The van der Waals surface area contributed by atoms with Crippen LogP contribution >= 0.6 is 11.8 Å². The zero-order valence-electron chi connectivity index (χ0n) is 7.10. The van der Waals surface area contributed by atoms with Gasteiger partial charge in [-0.2, -0.15) is 16.9 Å². The Morgan fingerprint density at radius 3 is 3.08 bits per heavy atom. The Morgan fingerprint density at radius 2 is 2.50 bits per heavy atom. The third-order valence-electron chi connectivity index (χ3n) is 1.48. The van der Waals surface area contributed by atoms with Crippen LogP contribution in [0.1, 0.15) is 12.2 Å². The van der Waals surface area contributed by atoms with E-state index in [1.165, 1.54) is 0 Å². The van der Waals surface area contributed by atoms with E-state index in [1.54, 1.807) is 22.8 Å². The summed E-state index contributed by atoms with van der Waals surface area (Å²) in [5, 5.41) is 12.5. The zero-order valence-corrected chi connectivity index (χ0v) is 7.92. The lowest BCUT2D eigenvalue weighted by Gasteiger charge is -1.98. The summed E-state index contributed by atoms with van der Waals surface area (Å²) in [6, 6.07) is 0. The van der Waals surface area contributed by atoms with Gasteiger partial charge in [-0.1, -0.05) is 0 Å². The zero-order chi connectivity index (χ0) is 8.81. The summed E-state index contributed by atoms with van der Waals surface area (Å²) < 4.78 is 1.77. The van der Waals surface area contributed by atoms with Crippen LogP contribution in [0.2, 0.25) is 0 Å². The van der Waals surface area contributed by atoms with Crippen molar-refractivity contribution in [3.63, 3.8) is 0 Å². The molecule has 1 rings (SSSR count). The molecule has 0 aliphatic heterocycles. The van der Waals surface area contributed by atoms with Crippen LogP contribution < -0.4 is 0 Å². The number of aromatic nitrogens is 3. The van der Waals surface area contributed by atoms with Gasteiger partial charge in [0.25, 0.3) is 0 Å². The SMILES string of the molecule is Cn1ncnc1CSCCCO. The minimum Gasteiger partial charge on any atom is -0.396 e. The Kier molecular flexibility index (Phi) is 4.10. The van der Waals surface area contributed by atoms with Crippen molar-refractivity contribution in [2.45, 2.75) is 12.2 Å². The van der Waals surface area contributed by atoms with Gasteiger partial charge >= 0.3 is 0 Å². The van der Waals surface area contributed by atoms with Crippen LogP contribution in [0.25, 0.3) is 0 Å². The first kappa shape index (κ1) is 9.54. The fraction of sp³-hybridized carbons (Fsp3) is 0.714.